The lowest BCUT2D eigenvalue weighted by Crippen LogP contribution is -2.26. The predicted molar refractivity (Wildman–Crippen MR) is 116 cm³/mol. The molecule has 1 aliphatic rings. The van der Waals surface area contributed by atoms with Crippen molar-refractivity contribution in [1.82, 2.24) is 25.4 Å². The lowest BCUT2D eigenvalue weighted by atomic mass is 10.00. The summed E-state index contributed by atoms with van der Waals surface area (Å²) in [6, 6.07) is 0. The van der Waals surface area contributed by atoms with Gasteiger partial charge in [-0.1, -0.05) is 0 Å². The molecule has 1 unspecified atom stereocenters. The second-order valence-corrected chi connectivity index (χ2v) is 7.13. The number of aromatic nitrogens is 3. The number of methoxy groups -OCH3 is 1. The Labute approximate surface area is 178 Å². The summed E-state index contributed by atoms with van der Waals surface area (Å²) in [6.45, 7) is 6.99. The molecule has 1 amide bonds. The fourth-order valence-electron chi connectivity index (χ4n) is 3.81. The number of rotatable bonds is 7. The topological polar surface area (TPSA) is 81.1 Å². The zero-order chi connectivity index (χ0) is 18.7. The monoisotopic (exact) mass is 431 g/mol. The summed E-state index contributed by atoms with van der Waals surface area (Å²) in [4.78, 5) is 16.9. The third kappa shape index (κ3) is 5.27. The first kappa shape index (κ1) is 24.5. The van der Waals surface area contributed by atoms with E-state index in [0.29, 0.717) is 24.6 Å². The van der Waals surface area contributed by atoms with Crippen molar-refractivity contribution in [2.75, 3.05) is 26.7 Å². The van der Waals surface area contributed by atoms with Crippen LogP contribution in [0.2, 0.25) is 0 Å². The largest absolute Gasteiger partial charge is 0.479 e. The lowest BCUT2D eigenvalue weighted by Gasteiger charge is -2.12. The molecule has 2 aromatic heterocycles. The van der Waals surface area contributed by atoms with Gasteiger partial charge in [-0.25, -0.2) is 9.67 Å². The third-order valence-electron chi connectivity index (χ3n) is 5.36. The zero-order valence-corrected chi connectivity index (χ0v) is 18.6. The van der Waals surface area contributed by atoms with Crippen molar-refractivity contribution in [3.8, 4) is 5.88 Å². The summed E-state index contributed by atoms with van der Waals surface area (Å²) in [5, 5.41) is 11.7. The highest BCUT2D eigenvalue weighted by Gasteiger charge is 2.19. The van der Waals surface area contributed by atoms with Gasteiger partial charge in [-0.3, -0.25) is 4.79 Å². The van der Waals surface area contributed by atoms with Gasteiger partial charge >= 0.3 is 0 Å². The summed E-state index contributed by atoms with van der Waals surface area (Å²) in [5.41, 5.74) is 3.97. The molecule has 0 aliphatic carbocycles. The Balaban J connectivity index is 0.00000196. The summed E-state index contributed by atoms with van der Waals surface area (Å²) in [6.07, 6.45) is 3.42. The van der Waals surface area contributed by atoms with Crippen molar-refractivity contribution in [3.63, 3.8) is 0 Å². The van der Waals surface area contributed by atoms with Crippen LogP contribution in [0.1, 0.15) is 36.1 Å². The fraction of sp³-hybridized carbons (Fsp3) is 0.632. The van der Waals surface area contributed by atoms with Gasteiger partial charge in [0.05, 0.1) is 12.5 Å². The molecule has 2 N–H and O–H groups in total. The molecule has 0 bridgehead atoms. The van der Waals surface area contributed by atoms with Crippen LogP contribution in [0.3, 0.4) is 0 Å². The Bertz CT molecular complexity index is 803. The number of pyridine rings is 1. The van der Waals surface area contributed by atoms with E-state index in [4.69, 9.17) is 4.74 Å². The van der Waals surface area contributed by atoms with E-state index in [1.165, 1.54) is 6.42 Å². The van der Waals surface area contributed by atoms with Crippen LogP contribution in [-0.2, 0) is 18.3 Å². The SMILES string of the molecule is COc1nn(C)c2nc(C)c(CCC(=O)NCCC3CCNC3)c(C)c12.Cl.Cl. The van der Waals surface area contributed by atoms with Gasteiger partial charge in [0.1, 0.15) is 0 Å². The minimum Gasteiger partial charge on any atom is -0.479 e. The van der Waals surface area contributed by atoms with Gasteiger partial charge in [-0.05, 0) is 63.2 Å². The molecule has 1 saturated heterocycles. The highest BCUT2D eigenvalue weighted by Crippen LogP contribution is 2.30. The molecule has 1 aliphatic heterocycles. The van der Waals surface area contributed by atoms with Gasteiger partial charge in [-0.2, -0.15) is 0 Å². The number of nitrogens with zero attached hydrogens (tertiary/aromatic N) is 3. The predicted octanol–water partition coefficient (Wildman–Crippen LogP) is 2.49. The number of hydrogen-bond acceptors (Lipinski definition) is 5. The Morgan fingerprint density at radius 1 is 1.36 bits per heavy atom. The normalized spacial score (nSPS) is 15.8. The van der Waals surface area contributed by atoms with Crippen molar-refractivity contribution in [2.45, 2.75) is 39.5 Å². The number of carbonyl (C=O) groups is 1. The maximum atomic E-state index is 12.2. The van der Waals surface area contributed by atoms with E-state index in [2.05, 4.69) is 27.6 Å². The summed E-state index contributed by atoms with van der Waals surface area (Å²) < 4.78 is 7.13. The summed E-state index contributed by atoms with van der Waals surface area (Å²) >= 11 is 0. The van der Waals surface area contributed by atoms with E-state index in [1.807, 2.05) is 14.0 Å². The van der Waals surface area contributed by atoms with Crippen LogP contribution in [0, 0.1) is 19.8 Å². The standard InChI is InChI=1S/C19H29N5O2.2ClH/c1-12-15(5-6-16(25)21-10-8-14-7-9-20-11-14)13(2)22-18-17(12)19(26-4)23-24(18)3;;/h14,20H,5-11H2,1-4H3,(H,21,25);2*1H. The second-order valence-electron chi connectivity index (χ2n) is 7.13. The first-order valence-electron chi connectivity index (χ1n) is 9.35. The number of ether oxygens (including phenoxy) is 1. The number of aryl methyl sites for hydroxylation is 3. The Morgan fingerprint density at radius 2 is 2.11 bits per heavy atom. The molecule has 2 aromatic rings. The van der Waals surface area contributed by atoms with Crippen LogP contribution >= 0.6 is 24.8 Å². The number of fused-ring (bicyclic) bond motifs is 1. The van der Waals surface area contributed by atoms with Crippen molar-refractivity contribution < 1.29 is 9.53 Å². The number of nitrogens with one attached hydrogen (secondary N) is 2. The highest BCUT2D eigenvalue weighted by atomic mass is 35.5. The van der Waals surface area contributed by atoms with E-state index in [-0.39, 0.29) is 30.7 Å². The number of carbonyl (C=O) groups excluding carboxylic acids is 1. The molecular formula is C19H31Cl2N5O2. The van der Waals surface area contributed by atoms with Crippen LogP contribution in [0.5, 0.6) is 5.88 Å². The quantitative estimate of drug-likeness (QED) is 0.703. The van der Waals surface area contributed by atoms with Crippen LogP contribution in [-0.4, -0.2) is 47.4 Å². The highest BCUT2D eigenvalue weighted by molar-refractivity contribution is 5.86. The molecule has 158 valence electrons. The Hall–Kier alpha value is -1.57. The molecule has 0 spiro atoms. The van der Waals surface area contributed by atoms with Crippen molar-refractivity contribution >= 4 is 41.8 Å². The van der Waals surface area contributed by atoms with Gasteiger partial charge in [0, 0.05) is 25.7 Å². The van der Waals surface area contributed by atoms with Crippen LogP contribution in [0.25, 0.3) is 11.0 Å². The fourth-order valence-corrected chi connectivity index (χ4v) is 3.81. The van der Waals surface area contributed by atoms with Gasteiger partial charge in [0.15, 0.2) is 5.65 Å². The Kier molecular flexibility index (Phi) is 9.47. The Morgan fingerprint density at radius 3 is 2.75 bits per heavy atom. The average molecular weight is 432 g/mol. The van der Waals surface area contributed by atoms with Crippen LogP contribution in [0.15, 0.2) is 0 Å². The number of amides is 1. The first-order chi connectivity index (χ1) is 12.5. The van der Waals surface area contributed by atoms with Gasteiger partial charge in [0.25, 0.3) is 0 Å². The van der Waals surface area contributed by atoms with E-state index in [0.717, 1.165) is 53.9 Å². The van der Waals surface area contributed by atoms with E-state index in [1.54, 1.807) is 11.8 Å². The number of hydrogen-bond donors (Lipinski definition) is 2. The van der Waals surface area contributed by atoms with Gasteiger partial charge in [0.2, 0.25) is 11.8 Å². The van der Waals surface area contributed by atoms with Crippen LogP contribution < -0.4 is 15.4 Å². The lowest BCUT2D eigenvalue weighted by molar-refractivity contribution is -0.121. The average Bonchev–Trinajstić information content (AvgIpc) is 3.23. The van der Waals surface area contributed by atoms with Crippen molar-refractivity contribution in [1.29, 1.82) is 0 Å². The molecule has 3 heterocycles. The summed E-state index contributed by atoms with van der Waals surface area (Å²) in [7, 11) is 3.48. The van der Waals surface area contributed by atoms with E-state index < -0.39 is 0 Å². The van der Waals surface area contributed by atoms with Gasteiger partial charge < -0.3 is 15.4 Å². The van der Waals surface area contributed by atoms with Crippen molar-refractivity contribution in [3.05, 3.63) is 16.8 Å². The number of halogens is 2. The molecule has 28 heavy (non-hydrogen) atoms. The molecule has 7 nitrogen and oxygen atoms in total. The molecule has 1 atom stereocenters. The zero-order valence-electron chi connectivity index (χ0n) is 17.0. The minimum atomic E-state index is 0. The minimum absolute atomic E-state index is 0. The van der Waals surface area contributed by atoms with Crippen molar-refractivity contribution in [2.24, 2.45) is 13.0 Å². The molecular weight excluding hydrogens is 401 g/mol. The molecule has 9 heteroatoms. The molecule has 3 rings (SSSR count). The third-order valence-corrected chi connectivity index (χ3v) is 5.36. The maximum absolute atomic E-state index is 12.2. The summed E-state index contributed by atoms with van der Waals surface area (Å²) in [5.74, 6) is 1.39. The van der Waals surface area contributed by atoms with Gasteiger partial charge in [-0.15, -0.1) is 29.9 Å². The second kappa shape index (κ2) is 10.8. The smallest absolute Gasteiger partial charge is 0.242 e. The molecule has 1 fully saturated rings. The molecule has 0 radical (unpaired) electrons. The first-order valence-corrected chi connectivity index (χ1v) is 9.35. The molecule has 0 saturated carbocycles. The molecule has 0 aromatic carbocycles. The van der Waals surface area contributed by atoms with E-state index in [9.17, 15) is 4.79 Å². The van der Waals surface area contributed by atoms with E-state index >= 15 is 0 Å². The van der Waals surface area contributed by atoms with Crippen LogP contribution in [0.4, 0.5) is 0 Å². The maximum Gasteiger partial charge on any atom is 0.242 e.